The molecule has 3 aromatic rings. The second-order valence-corrected chi connectivity index (χ2v) is 7.37. The van der Waals surface area contributed by atoms with Crippen LogP contribution >= 0.6 is 12.2 Å². The number of carbonyl (C=O) groups is 1. The SMILES string of the molecule is Cc1ccc2c(NC(=S)NC(=O)c3cccc(OCC(C)C)c3)cccc2n1. The Bertz CT molecular complexity index is 1020. The van der Waals surface area contributed by atoms with Crippen molar-refractivity contribution in [1.29, 1.82) is 0 Å². The van der Waals surface area contributed by atoms with E-state index in [0.29, 0.717) is 23.8 Å². The Morgan fingerprint density at radius 3 is 2.71 bits per heavy atom. The number of benzene rings is 2. The highest BCUT2D eigenvalue weighted by molar-refractivity contribution is 7.80. The van der Waals surface area contributed by atoms with Gasteiger partial charge in [-0.1, -0.05) is 26.0 Å². The molecule has 0 atom stereocenters. The molecule has 2 aromatic carbocycles. The molecule has 0 saturated heterocycles. The van der Waals surface area contributed by atoms with Gasteiger partial charge in [-0.2, -0.15) is 0 Å². The minimum atomic E-state index is -0.290. The van der Waals surface area contributed by atoms with Gasteiger partial charge in [-0.15, -0.1) is 0 Å². The van der Waals surface area contributed by atoms with Crippen LogP contribution in [0.4, 0.5) is 5.69 Å². The van der Waals surface area contributed by atoms with Gasteiger partial charge >= 0.3 is 0 Å². The van der Waals surface area contributed by atoms with Crippen LogP contribution in [0.15, 0.2) is 54.6 Å². The number of nitrogens with one attached hydrogen (secondary N) is 2. The van der Waals surface area contributed by atoms with E-state index in [2.05, 4.69) is 29.5 Å². The van der Waals surface area contributed by atoms with Crippen molar-refractivity contribution in [3.8, 4) is 5.75 Å². The topological polar surface area (TPSA) is 63.2 Å². The molecule has 144 valence electrons. The summed E-state index contributed by atoms with van der Waals surface area (Å²) < 4.78 is 5.68. The molecule has 1 aromatic heterocycles. The van der Waals surface area contributed by atoms with Crippen LogP contribution in [0.2, 0.25) is 0 Å². The molecule has 0 radical (unpaired) electrons. The average Bonchev–Trinajstić information content (AvgIpc) is 2.66. The highest BCUT2D eigenvalue weighted by Gasteiger charge is 2.11. The van der Waals surface area contributed by atoms with Gasteiger partial charge in [0.25, 0.3) is 5.91 Å². The van der Waals surface area contributed by atoms with Crippen molar-refractivity contribution in [2.24, 2.45) is 5.92 Å². The van der Waals surface area contributed by atoms with Crippen LogP contribution in [0.1, 0.15) is 29.9 Å². The molecule has 5 nitrogen and oxygen atoms in total. The Balaban J connectivity index is 1.68. The number of nitrogens with zero attached hydrogens (tertiary/aromatic N) is 1. The van der Waals surface area contributed by atoms with E-state index in [1.54, 1.807) is 18.2 Å². The Morgan fingerprint density at radius 2 is 1.93 bits per heavy atom. The molecule has 0 aliphatic rings. The smallest absolute Gasteiger partial charge is 0.257 e. The number of aryl methyl sites for hydroxylation is 1. The first-order chi connectivity index (χ1) is 13.4. The maximum atomic E-state index is 12.5. The molecule has 0 unspecified atom stereocenters. The molecule has 2 N–H and O–H groups in total. The fourth-order valence-corrected chi connectivity index (χ4v) is 2.89. The number of rotatable bonds is 5. The number of thiocarbonyl (C=S) groups is 1. The van der Waals surface area contributed by atoms with Gasteiger partial charge in [0.15, 0.2) is 5.11 Å². The molecule has 0 aliphatic carbocycles. The van der Waals surface area contributed by atoms with Crippen LogP contribution in [-0.4, -0.2) is 22.6 Å². The van der Waals surface area contributed by atoms with E-state index in [-0.39, 0.29) is 11.0 Å². The lowest BCUT2D eigenvalue weighted by molar-refractivity contribution is 0.0977. The number of fused-ring (bicyclic) bond motifs is 1. The largest absolute Gasteiger partial charge is 0.493 e. The second kappa shape index (κ2) is 8.80. The number of aromatic nitrogens is 1. The van der Waals surface area contributed by atoms with Crippen molar-refractivity contribution in [1.82, 2.24) is 10.3 Å². The molecule has 0 bridgehead atoms. The molecule has 0 aliphatic heterocycles. The van der Waals surface area contributed by atoms with Crippen molar-refractivity contribution in [2.75, 3.05) is 11.9 Å². The Hall–Kier alpha value is -2.99. The van der Waals surface area contributed by atoms with E-state index < -0.39 is 0 Å². The highest BCUT2D eigenvalue weighted by Crippen LogP contribution is 2.22. The zero-order chi connectivity index (χ0) is 20.1. The first-order valence-corrected chi connectivity index (χ1v) is 9.55. The summed E-state index contributed by atoms with van der Waals surface area (Å²) in [5.74, 6) is 0.783. The fraction of sp³-hybridized carbons (Fsp3) is 0.227. The minimum Gasteiger partial charge on any atom is -0.493 e. The summed E-state index contributed by atoms with van der Waals surface area (Å²) in [5, 5.41) is 6.97. The van der Waals surface area contributed by atoms with Crippen LogP contribution in [0.25, 0.3) is 10.9 Å². The van der Waals surface area contributed by atoms with Crippen molar-refractivity contribution < 1.29 is 9.53 Å². The highest BCUT2D eigenvalue weighted by atomic mass is 32.1. The van der Waals surface area contributed by atoms with Crippen molar-refractivity contribution in [2.45, 2.75) is 20.8 Å². The molecule has 28 heavy (non-hydrogen) atoms. The third kappa shape index (κ3) is 5.04. The summed E-state index contributed by atoms with van der Waals surface area (Å²) >= 11 is 5.32. The normalized spacial score (nSPS) is 10.7. The molecule has 0 fully saturated rings. The summed E-state index contributed by atoms with van der Waals surface area (Å²) in [6.07, 6.45) is 0. The Labute approximate surface area is 170 Å². The van der Waals surface area contributed by atoms with Crippen molar-refractivity contribution in [3.63, 3.8) is 0 Å². The lowest BCUT2D eigenvalue weighted by Crippen LogP contribution is -2.34. The molecule has 0 saturated carbocycles. The van der Waals surface area contributed by atoms with Crippen LogP contribution in [0, 0.1) is 12.8 Å². The summed E-state index contributed by atoms with van der Waals surface area (Å²) in [6, 6.07) is 16.7. The van der Waals surface area contributed by atoms with Gasteiger partial charge in [0, 0.05) is 22.3 Å². The summed E-state index contributed by atoms with van der Waals surface area (Å²) in [6.45, 7) is 6.69. The van der Waals surface area contributed by atoms with Crippen molar-refractivity contribution >= 4 is 39.8 Å². The zero-order valence-electron chi connectivity index (χ0n) is 16.2. The van der Waals surface area contributed by atoms with Crippen molar-refractivity contribution in [3.05, 3.63) is 65.9 Å². The molecular weight excluding hydrogens is 370 g/mol. The number of hydrogen-bond donors (Lipinski definition) is 2. The predicted molar refractivity (Wildman–Crippen MR) is 117 cm³/mol. The van der Waals surface area contributed by atoms with E-state index in [4.69, 9.17) is 17.0 Å². The molecule has 1 amide bonds. The van der Waals surface area contributed by atoms with Gasteiger partial charge in [0.05, 0.1) is 12.1 Å². The Kier molecular flexibility index (Phi) is 6.21. The number of pyridine rings is 1. The first kappa shape index (κ1) is 19.8. The zero-order valence-corrected chi connectivity index (χ0v) is 17.0. The van der Waals surface area contributed by atoms with Gasteiger partial charge in [0.1, 0.15) is 5.75 Å². The molecule has 6 heteroatoms. The molecule has 1 heterocycles. The fourth-order valence-electron chi connectivity index (χ4n) is 2.68. The van der Waals surface area contributed by atoms with E-state index in [1.165, 1.54) is 0 Å². The van der Waals surface area contributed by atoms with Gasteiger partial charge in [0.2, 0.25) is 0 Å². The maximum Gasteiger partial charge on any atom is 0.257 e. The third-order valence-corrected chi connectivity index (χ3v) is 4.23. The van der Waals surface area contributed by atoms with Crippen LogP contribution in [0.3, 0.4) is 0 Å². The number of anilines is 1. The second-order valence-electron chi connectivity index (χ2n) is 6.97. The summed E-state index contributed by atoms with van der Waals surface area (Å²) in [5.41, 5.74) is 3.10. The quantitative estimate of drug-likeness (QED) is 0.615. The average molecular weight is 394 g/mol. The monoisotopic (exact) mass is 393 g/mol. The molecule has 0 spiro atoms. The van der Waals surface area contributed by atoms with Gasteiger partial charge < -0.3 is 10.1 Å². The van der Waals surface area contributed by atoms with Crippen LogP contribution in [0.5, 0.6) is 5.75 Å². The van der Waals surface area contributed by atoms with E-state index in [1.807, 2.05) is 43.3 Å². The van der Waals surface area contributed by atoms with Crippen LogP contribution in [-0.2, 0) is 0 Å². The van der Waals surface area contributed by atoms with Gasteiger partial charge in [-0.05, 0) is 67.5 Å². The number of amides is 1. The van der Waals surface area contributed by atoms with E-state index in [0.717, 1.165) is 22.3 Å². The first-order valence-electron chi connectivity index (χ1n) is 9.14. The molecule has 3 rings (SSSR count). The summed E-state index contributed by atoms with van der Waals surface area (Å²) in [7, 11) is 0. The summed E-state index contributed by atoms with van der Waals surface area (Å²) in [4.78, 5) is 17.0. The maximum absolute atomic E-state index is 12.5. The van der Waals surface area contributed by atoms with E-state index in [9.17, 15) is 4.79 Å². The lowest BCUT2D eigenvalue weighted by Gasteiger charge is -2.13. The Morgan fingerprint density at radius 1 is 1.14 bits per heavy atom. The van der Waals surface area contributed by atoms with Gasteiger partial charge in [-0.25, -0.2) is 0 Å². The minimum absolute atomic E-state index is 0.228. The van der Waals surface area contributed by atoms with Crippen LogP contribution < -0.4 is 15.4 Å². The predicted octanol–water partition coefficient (Wildman–Crippen LogP) is 4.70. The molecular formula is C22H23N3O2S. The van der Waals surface area contributed by atoms with E-state index >= 15 is 0 Å². The lowest BCUT2D eigenvalue weighted by atomic mass is 10.1. The van der Waals surface area contributed by atoms with Gasteiger partial charge in [-0.3, -0.25) is 15.1 Å². The number of carbonyl (C=O) groups excluding carboxylic acids is 1. The third-order valence-electron chi connectivity index (χ3n) is 4.03. The number of ether oxygens (including phenoxy) is 1. The number of hydrogen-bond acceptors (Lipinski definition) is 4. The standard InChI is InChI=1S/C22H23N3O2S/c1-14(2)13-27-17-7-4-6-16(12-17)21(26)25-22(28)24-20-9-5-8-19-18(20)11-10-15(3)23-19/h4-12,14H,13H2,1-3H3,(H2,24,25,26,28).